The quantitative estimate of drug-likeness (QED) is 0.786. The lowest BCUT2D eigenvalue weighted by molar-refractivity contribution is 0.138. The van der Waals surface area contributed by atoms with Crippen molar-refractivity contribution in [3.63, 3.8) is 0 Å². The van der Waals surface area contributed by atoms with Gasteiger partial charge >= 0.3 is 6.01 Å². The van der Waals surface area contributed by atoms with Crippen molar-refractivity contribution in [3.8, 4) is 12.1 Å². The van der Waals surface area contributed by atoms with Crippen molar-refractivity contribution in [1.29, 1.82) is 5.26 Å². The third-order valence-corrected chi connectivity index (χ3v) is 2.86. The van der Waals surface area contributed by atoms with Gasteiger partial charge in [0.1, 0.15) is 18.4 Å². The van der Waals surface area contributed by atoms with Gasteiger partial charge in [-0.2, -0.15) is 10.2 Å². The van der Waals surface area contributed by atoms with Gasteiger partial charge in [0, 0.05) is 24.3 Å². The molecule has 1 aromatic rings. The molecule has 19 heavy (non-hydrogen) atoms. The highest BCUT2D eigenvalue weighted by Gasteiger charge is 2.13. The second-order valence-electron chi connectivity index (χ2n) is 5.06. The van der Waals surface area contributed by atoms with Crippen molar-refractivity contribution in [2.24, 2.45) is 0 Å². The van der Waals surface area contributed by atoms with E-state index in [1.54, 1.807) is 6.07 Å². The van der Waals surface area contributed by atoms with Crippen LogP contribution in [0.4, 0.5) is 0 Å². The van der Waals surface area contributed by atoms with E-state index in [1.807, 2.05) is 13.0 Å². The van der Waals surface area contributed by atoms with Gasteiger partial charge in [-0.15, -0.1) is 0 Å². The third-order valence-electron chi connectivity index (χ3n) is 2.86. The van der Waals surface area contributed by atoms with Crippen LogP contribution in [0.2, 0.25) is 0 Å². The van der Waals surface area contributed by atoms with Gasteiger partial charge in [-0.25, -0.2) is 4.98 Å². The van der Waals surface area contributed by atoms with Gasteiger partial charge in [0.15, 0.2) is 0 Å². The van der Waals surface area contributed by atoms with E-state index in [0.29, 0.717) is 24.4 Å². The fourth-order valence-corrected chi connectivity index (χ4v) is 2.02. The summed E-state index contributed by atoms with van der Waals surface area (Å²) >= 11 is 0. The molecule has 5 heteroatoms. The van der Waals surface area contributed by atoms with Gasteiger partial charge in [0.05, 0.1) is 0 Å². The maximum atomic E-state index is 8.84. The number of aryl methyl sites for hydroxylation is 1. The maximum absolute atomic E-state index is 8.84. The van der Waals surface area contributed by atoms with Gasteiger partial charge in [-0.1, -0.05) is 0 Å². The predicted octanol–water partition coefficient (Wildman–Crippen LogP) is 2.15. The van der Waals surface area contributed by atoms with Gasteiger partial charge in [-0.05, 0) is 40.7 Å². The molecule has 0 radical (unpaired) electrons. The van der Waals surface area contributed by atoms with Crippen LogP contribution in [0.25, 0.3) is 0 Å². The number of nitriles is 1. The van der Waals surface area contributed by atoms with Gasteiger partial charge < -0.3 is 4.74 Å². The number of aromatic nitrogens is 2. The predicted molar refractivity (Wildman–Crippen MR) is 74.0 cm³/mol. The van der Waals surface area contributed by atoms with E-state index < -0.39 is 0 Å². The van der Waals surface area contributed by atoms with E-state index in [-0.39, 0.29) is 6.01 Å². The summed E-state index contributed by atoms with van der Waals surface area (Å²) < 4.78 is 5.55. The average Bonchev–Trinajstić information content (AvgIpc) is 2.32. The minimum Gasteiger partial charge on any atom is -0.462 e. The van der Waals surface area contributed by atoms with Crippen molar-refractivity contribution >= 4 is 0 Å². The number of hydrogen-bond donors (Lipinski definition) is 0. The summed E-state index contributed by atoms with van der Waals surface area (Å²) in [5, 5.41) is 8.84. The Morgan fingerprint density at radius 1 is 1.26 bits per heavy atom. The van der Waals surface area contributed by atoms with Crippen LogP contribution in [0.1, 0.15) is 39.1 Å². The molecule has 0 N–H and O–H groups in total. The Morgan fingerprint density at radius 3 is 2.42 bits per heavy atom. The van der Waals surface area contributed by atoms with Crippen molar-refractivity contribution in [2.45, 2.75) is 46.7 Å². The first kappa shape index (κ1) is 15.4. The normalized spacial score (nSPS) is 11.1. The topological polar surface area (TPSA) is 62.0 Å². The molecule has 1 heterocycles. The maximum Gasteiger partial charge on any atom is 0.317 e. The van der Waals surface area contributed by atoms with Crippen molar-refractivity contribution < 1.29 is 4.74 Å². The first-order chi connectivity index (χ1) is 8.93. The Hall–Kier alpha value is -1.67. The second kappa shape index (κ2) is 7.05. The molecule has 0 saturated heterocycles. The molecule has 0 bridgehead atoms. The molecule has 0 aliphatic carbocycles. The molecular weight excluding hydrogens is 240 g/mol. The van der Waals surface area contributed by atoms with Crippen LogP contribution in [-0.2, 0) is 0 Å². The Balaban J connectivity index is 2.58. The van der Waals surface area contributed by atoms with E-state index in [2.05, 4.69) is 42.6 Å². The molecule has 0 aliphatic rings. The van der Waals surface area contributed by atoms with E-state index in [0.717, 1.165) is 12.2 Å². The van der Waals surface area contributed by atoms with Gasteiger partial charge in [0.2, 0.25) is 0 Å². The first-order valence-corrected chi connectivity index (χ1v) is 6.58. The van der Waals surface area contributed by atoms with Crippen LogP contribution in [0.5, 0.6) is 6.01 Å². The molecule has 104 valence electrons. The summed E-state index contributed by atoms with van der Waals surface area (Å²) in [4.78, 5) is 10.5. The van der Waals surface area contributed by atoms with Gasteiger partial charge in [-0.3, -0.25) is 4.90 Å². The van der Waals surface area contributed by atoms with E-state index in [1.165, 1.54) is 0 Å². The lowest BCUT2D eigenvalue weighted by Crippen LogP contribution is -2.39. The van der Waals surface area contributed by atoms with E-state index in [4.69, 9.17) is 10.00 Å². The SMILES string of the molecule is Cc1cc(C#N)nc(OCCN(C(C)C)C(C)C)n1. The molecule has 0 unspecified atom stereocenters. The highest BCUT2D eigenvalue weighted by Crippen LogP contribution is 2.08. The Labute approximate surface area is 115 Å². The van der Waals surface area contributed by atoms with Crippen molar-refractivity contribution in [2.75, 3.05) is 13.2 Å². The van der Waals surface area contributed by atoms with Crippen LogP contribution >= 0.6 is 0 Å². The van der Waals surface area contributed by atoms with Crippen LogP contribution in [0.3, 0.4) is 0 Å². The second-order valence-corrected chi connectivity index (χ2v) is 5.06. The smallest absolute Gasteiger partial charge is 0.317 e. The standard InChI is InChI=1S/C14H22N4O/c1-10(2)18(11(3)4)6-7-19-14-16-12(5)8-13(9-15)17-14/h8,10-11H,6-7H2,1-5H3. The zero-order valence-electron chi connectivity index (χ0n) is 12.3. The monoisotopic (exact) mass is 262 g/mol. The molecule has 0 fully saturated rings. The van der Waals surface area contributed by atoms with E-state index in [9.17, 15) is 0 Å². The zero-order chi connectivity index (χ0) is 14.4. The summed E-state index contributed by atoms with van der Waals surface area (Å²) in [5.74, 6) is 0. The highest BCUT2D eigenvalue weighted by atomic mass is 16.5. The Bertz CT molecular complexity index is 443. The lowest BCUT2D eigenvalue weighted by atomic mass is 10.2. The molecule has 0 atom stereocenters. The fraction of sp³-hybridized carbons (Fsp3) is 0.643. The van der Waals surface area contributed by atoms with Crippen LogP contribution in [-0.4, -0.2) is 40.1 Å². The molecular formula is C14H22N4O. The van der Waals surface area contributed by atoms with Crippen molar-refractivity contribution in [3.05, 3.63) is 17.5 Å². The van der Waals surface area contributed by atoms with Gasteiger partial charge in [0.25, 0.3) is 0 Å². The molecule has 1 aromatic heterocycles. The third kappa shape index (κ3) is 4.84. The largest absolute Gasteiger partial charge is 0.462 e. The molecule has 0 amide bonds. The van der Waals surface area contributed by atoms with Crippen LogP contribution < -0.4 is 4.74 Å². The Kier molecular flexibility index (Phi) is 5.71. The first-order valence-electron chi connectivity index (χ1n) is 6.58. The lowest BCUT2D eigenvalue weighted by Gasteiger charge is -2.30. The average molecular weight is 262 g/mol. The Morgan fingerprint density at radius 2 is 1.89 bits per heavy atom. The summed E-state index contributed by atoms with van der Waals surface area (Å²) in [6.45, 7) is 11.8. The fourth-order valence-electron chi connectivity index (χ4n) is 2.02. The number of rotatable bonds is 6. The molecule has 0 aliphatic heterocycles. The minimum atomic E-state index is 0.281. The number of nitrogens with zero attached hydrogens (tertiary/aromatic N) is 4. The summed E-state index contributed by atoms with van der Waals surface area (Å²) in [6, 6.07) is 4.86. The van der Waals surface area contributed by atoms with E-state index >= 15 is 0 Å². The van der Waals surface area contributed by atoms with Crippen LogP contribution in [0.15, 0.2) is 6.07 Å². The molecule has 1 rings (SSSR count). The summed E-state index contributed by atoms with van der Waals surface area (Å²) in [7, 11) is 0. The molecule has 0 saturated carbocycles. The minimum absolute atomic E-state index is 0.281. The molecule has 0 aromatic carbocycles. The zero-order valence-corrected chi connectivity index (χ0v) is 12.3. The molecule has 0 spiro atoms. The summed E-state index contributed by atoms with van der Waals surface area (Å²) in [6.07, 6.45) is 0. The van der Waals surface area contributed by atoms with Crippen LogP contribution in [0, 0.1) is 18.3 Å². The van der Waals surface area contributed by atoms with Crippen molar-refractivity contribution in [1.82, 2.24) is 14.9 Å². The highest BCUT2D eigenvalue weighted by molar-refractivity contribution is 5.23. The number of hydrogen-bond acceptors (Lipinski definition) is 5. The summed E-state index contributed by atoms with van der Waals surface area (Å²) in [5.41, 5.74) is 1.08. The number of ether oxygens (including phenoxy) is 1. The molecule has 5 nitrogen and oxygen atoms in total.